The van der Waals surface area contributed by atoms with Gasteiger partial charge in [0, 0.05) is 0 Å². The van der Waals surface area contributed by atoms with Gasteiger partial charge in [-0.3, -0.25) is 5.43 Å². The molecule has 0 unspecified atom stereocenters. The predicted molar refractivity (Wildman–Crippen MR) is 65.4 cm³/mol. The third-order valence-corrected chi connectivity index (χ3v) is 2.10. The van der Waals surface area contributed by atoms with Crippen molar-refractivity contribution in [1.29, 1.82) is 5.26 Å². The number of hydrogen-bond acceptors (Lipinski definition) is 8. The second-order valence-electron chi connectivity index (χ2n) is 3.31. The first kappa shape index (κ1) is 12.5. The molecular weight excluding hydrogens is 248 g/mol. The van der Waals surface area contributed by atoms with Crippen molar-refractivity contribution >= 4 is 5.95 Å². The Kier molecular flexibility index (Phi) is 3.70. The highest BCUT2D eigenvalue weighted by Crippen LogP contribution is 2.20. The Labute approximate surface area is 108 Å². The van der Waals surface area contributed by atoms with Gasteiger partial charge in [-0.15, -0.1) is 4.98 Å². The Morgan fingerprint density at radius 3 is 2.42 bits per heavy atom. The summed E-state index contributed by atoms with van der Waals surface area (Å²) >= 11 is 0. The lowest BCUT2D eigenvalue weighted by Gasteiger charge is -2.06. The number of nitrogens with zero attached hydrogens (tertiary/aromatic N) is 4. The molecule has 2 aromatic rings. The highest BCUT2D eigenvalue weighted by molar-refractivity contribution is 5.36. The summed E-state index contributed by atoms with van der Waals surface area (Å²) in [5, 5.41) is 8.69. The zero-order valence-corrected chi connectivity index (χ0v) is 9.99. The lowest BCUT2D eigenvalue weighted by molar-refractivity contribution is 0.360. The number of hydrogen-bond donors (Lipinski definition) is 2. The Hall–Kier alpha value is -2.92. The van der Waals surface area contributed by atoms with Crippen LogP contribution in [-0.2, 0) is 0 Å². The van der Waals surface area contributed by atoms with Crippen molar-refractivity contribution in [1.82, 2.24) is 15.0 Å². The molecule has 0 fully saturated rings. The Balaban J connectivity index is 2.24. The van der Waals surface area contributed by atoms with Crippen molar-refractivity contribution in [2.75, 3.05) is 12.5 Å². The maximum Gasteiger partial charge on any atom is 0.330 e. The molecule has 3 N–H and O–H groups in total. The van der Waals surface area contributed by atoms with Crippen LogP contribution in [0.25, 0.3) is 0 Å². The molecular formula is C11H10N6O2. The molecule has 0 aliphatic rings. The number of nitriles is 1. The fourth-order valence-electron chi connectivity index (χ4n) is 1.24. The number of ether oxygens (including phenoxy) is 2. The van der Waals surface area contributed by atoms with E-state index in [0.717, 1.165) is 0 Å². The van der Waals surface area contributed by atoms with Crippen molar-refractivity contribution in [3.63, 3.8) is 0 Å². The predicted octanol–water partition coefficient (Wildman–Crippen LogP) is 0.830. The minimum absolute atomic E-state index is 0.0320. The zero-order valence-electron chi connectivity index (χ0n) is 9.99. The molecule has 0 saturated heterocycles. The van der Waals surface area contributed by atoms with E-state index >= 15 is 0 Å². The molecule has 8 heteroatoms. The summed E-state index contributed by atoms with van der Waals surface area (Å²) in [6, 6.07) is 8.62. The number of anilines is 1. The minimum atomic E-state index is 0.0320. The van der Waals surface area contributed by atoms with Gasteiger partial charge in [-0.25, -0.2) is 5.84 Å². The van der Waals surface area contributed by atoms with E-state index in [1.165, 1.54) is 7.11 Å². The average molecular weight is 258 g/mol. The number of aromatic nitrogens is 3. The molecule has 0 saturated carbocycles. The normalized spacial score (nSPS) is 9.53. The van der Waals surface area contributed by atoms with Crippen molar-refractivity contribution in [2.24, 2.45) is 5.84 Å². The molecule has 0 radical (unpaired) electrons. The SMILES string of the molecule is COc1nc(NN)nc(Oc2ccc(C#N)cc2)n1. The summed E-state index contributed by atoms with van der Waals surface area (Å²) in [5.41, 5.74) is 2.81. The van der Waals surface area contributed by atoms with Crippen LogP contribution in [0.3, 0.4) is 0 Å². The molecule has 0 aliphatic carbocycles. The molecule has 1 aromatic carbocycles. The fourth-order valence-corrected chi connectivity index (χ4v) is 1.24. The van der Waals surface area contributed by atoms with Gasteiger partial charge >= 0.3 is 12.0 Å². The smallest absolute Gasteiger partial charge is 0.330 e. The summed E-state index contributed by atoms with van der Waals surface area (Å²) in [7, 11) is 1.42. The van der Waals surface area contributed by atoms with Crippen LogP contribution in [0.4, 0.5) is 5.95 Å². The molecule has 1 heterocycles. The molecule has 96 valence electrons. The number of nitrogens with one attached hydrogen (secondary N) is 1. The van der Waals surface area contributed by atoms with Crippen molar-refractivity contribution in [3.05, 3.63) is 29.8 Å². The summed E-state index contributed by atoms with van der Waals surface area (Å²) in [5.74, 6) is 5.83. The van der Waals surface area contributed by atoms with E-state index in [4.69, 9.17) is 20.6 Å². The lowest BCUT2D eigenvalue weighted by atomic mass is 10.2. The lowest BCUT2D eigenvalue weighted by Crippen LogP contribution is -2.12. The van der Waals surface area contributed by atoms with Gasteiger partial charge in [0.15, 0.2) is 0 Å². The number of rotatable bonds is 4. The molecule has 0 atom stereocenters. The molecule has 0 spiro atoms. The standard InChI is InChI=1S/C11H10N6O2/c1-18-10-14-9(17-13)15-11(16-10)19-8-4-2-7(6-12)3-5-8/h2-5H,13H2,1H3,(H,14,15,16,17). The zero-order chi connectivity index (χ0) is 13.7. The second kappa shape index (κ2) is 5.61. The number of methoxy groups -OCH3 is 1. The van der Waals surface area contributed by atoms with Gasteiger partial charge in [0.25, 0.3) is 0 Å². The van der Waals surface area contributed by atoms with Crippen molar-refractivity contribution < 1.29 is 9.47 Å². The van der Waals surface area contributed by atoms with E-state index in [1.807, 2.05) is 6.07 Å². The number of hydrazine groups is 1. The van der Waals surface area contributed by atoms with E-state index in [-0.39, 0.29) is 18.0 Å². The molecule has 19 heavy (non-hydrogen) atoms. The Morgan fingerprint density at radius 2 is 1.84 bits per heavy atom. The van der Waals surface area contributed by atoms with Crippen LogP contribution in [0, 0.1) is 11.3 Å². The maximum atomic E-state index is 8.69. The molecule has 1 aromatic heterocycles. The first-order chi connectivity index (χ1) is 9.25. The van der Waals surface area contributed by atoms with Crippen LogP contribution in [0.5, 0.6) is 17.8 Å². The first-order valence-corrected chi connectivity index (χ1v) is 5.20. The molecule has 2 rings (SSSR count). The highest BCUT2D eigenvalue weighted by atomic mass is 16.5. The molecule has 0 amide bonds. The van der Waals surface area contributed by atoms with E-state index < -0.39 is 0 Å². The van der Waals surface area contributed by atoms with Gasteiger partial charge in [-0.2, -0.15) is 15.2 Å². The molecule has 8 nitrogen and oxygen atoms in total. The number of nitrogens with two attached hydrogens (primary N) is 1. The summed E-state index contributed by atoms with van der Waals surface area (Å²) in [6.07, 6.45) is 0. The van der Waals surface area contributed by atoms with Crippen LogP contribution >= 0.6 is 0 Å². The third kappa shape index (κ3) is 3.05. The second-order valence-corrected chi connectivity index (χ2v) is 3.31. The van der Waals surface area contributed by atoms with E-state index in [2.05, 4.69) is 20.4 Å². The molecule has 0 aliphatic heterocycles. The Bertz CT molecular complexity index is 585. The van der Waals surface area contributed by atoms with Gasteiger partial charge in [0.05, 0.1) is 18.7 Å². The van der Waals surface area contributed by atoms with E-state index in [0.29, 0.717) is 11.3 Å². The Morgan fingerprint density at radius 1 is 1.16 bits per heavy atom. The topological polar surface area (TPSA) is 119 Å². The van der Waals surface area contributed by atoms with E-state index in [9.17, 15) is 0 Å². The van der Waals surface area contributed by atoms with Crippen LogP contribution in [0.1, 0.15) is 5.56 Å². The quantitative estimate of drug-likeness (QED) is 0.611. The van der Waals surface area contributed by atoms with Crippen LogP contribution < -0.4 is 20.7 Å². The van der Waals surface area contributed by atoms with Gasteiger partial charge in [0.1, 0.15) is 5.75 Å². The molecule has 0 bridgehead atoms. The van der Waals surface area contributed by atoms with Crippen molar-refractivity contribution in [3.8, 4) is 23.8 Å². The van der Waals surface area contributed by atoms with Gasteiger partial charge in [-0.1, -0.05) is 0 Å². The maximum absolute atomic E-state index is 8.69. The largest absolute Gasteiger partial charge is 0.467 e. The van der Waals surface area contributed by atoms with Gasteiger partial charge in [-0.05, 0) is 24.3 Å². The third-order valence-electron chi connectivity index (χ3n) is 2.10. The fraction of sp³-hybridized carbons (Fsp3) is 0.0909. The van der Waals surface area contributed by atoms with E-state index in [1.54, 1.807) is 24.3 Å². The van der Waals surface area contributed by atoms with Crippen molar-refractivity contribution in [2.45, 2.75) is 0 Å². The number of benzene rings is 1. The van der Waals surface area contributed by atoms with Crippen LogP contribution in [0.15, 0.2) is 24.3 Å². The highest BCUT2D eigenvalue weighted by Gasteiger charge is 2.08. The average Bonchev–Trinajstić information content (AvgIpc) is 2.47. The van der Waals surface area contributed by atoms with Gasteiger partial charge in [0.2, 0.25) is 5.95 Å². The van der Waals surface area contributed by atoms with Gasteiger partial charge < -0.3 is 9.47 Å². The monoisotopic (exact) mass is 258 g/mol. The first-order valence-electron chi connectivity index (χ1n) is 5.20. The van der Waals surface area contributed by atoms with Crippen LogP contribution in [-0.4, -0.2) is 22.1 Å². The summed E-state index contributed by atoms with van der Waals surface area (Å²) in [4.78, 5) is 11.7. The number of nitrogen functional groups attached to an aromatic ring is 1. The minimum Gasteiger partial charge on any atom is -0.467 e. The summed E-state index contributed by atoms with van der Waals surface area (Å²) in [6.45, 7) is 0. The van der Waals surface area contributed by atoms with Crippen LogP contribution in [0.2, 0.25) is 0 Å². The summed E-state index contributed by atoms with van der Waals surface area (Å²) < 4.78 is 10.3.